The van der Waals surface area contributed by atoms with E-state index in [-0.39, 0.29) is 23.8 Å². The SMILES string of the molecule is N[C@@H](Cc1ccc(O)c(C(=O)O)c1)Cn1cc(C[C@H](N)C(=O)O)c2ccccc21. The van der Waals surface area contributed by atoms with E-state index in [1.807, 2.05) is 35.0 Å². The van der Waals surface area contributed by atoms with Crippen molar-refractivity contribution in [1.82, 2.24) is 4.57 Å². The van der Waals surface area contributed by atoms with Crippen molar-refractivity contribution < 1.29 is 24.9 Å². The van der Waals surface area contributed by atoms with E-state index in [9.17, 15) is 14.7 Å². The van der Waals surface area contributed by atoms with Crippen LogP contribution in [0.3, 0.4) is 0 Å². The number of aromatic nitrogens is 1. The molecular formula is C21H23N3O5. The monoisotopic (exact) mass is 397 g/mol. The molecule has 0 aliphatic heterocycles. The Morgan fingerprint density at radius 2 is 1.76 bits per heavy atom. The van der Waals surface area contributed by atoms with Gasteiger partial charge in [0.25, 0.3) is 0 Å². The lowest BCUT2D eigenvalue weighted by atomic mass is 10.0. The summed E-state index contributed by atoms with van der Waals surface area (Å²) in [7, 11) is 0. The Morgan fingerprint density at radius 3 is 2.45 bits per heavy atom. The van der Waals surface area contributed by atoms with Crippen molar-refractivity contribution in [1.29, 1.82) is 0 Å². The summed E-state index contributed by atoms with van der Waals surface area (Å²) in [4.78, 5) is 22.3. The highest BCUT2D eigenvalue weighted by Crippen LogP contribution is 2.24. The van der Waals surface area contributed by atoms with Crippen LogP contribution in [0, 0.1) is 0 Å². The number of aromatic hydroxyl groups is 1. The zero-order valence-corrected chi connectivity index (χ0v) is 15.7. The number of para-hydroxylation sites is 1. The normalized spacial score (nSPS) is 13.3. The molecule has 1 heterocycles. The van der Waals surface area contributed by atoms with Gasteiger partial charge in [0.1, 0.15) is 17.4 Å². The van der Waals surface area contributed by atoms with Gasteiger partial charge in [0.2, 0.25) is 0 Å². The van der Waals surface area contributed by atoms with Crippen LogP contribution < -0.4 is 11.5 Å². The summed E-state index contributed by atoms with van der Waals surface area (Å²) < 4.78 is 1.96. The lowest BCUT2D eigenvalue weighted by Crippen LogP contribution is -2.32. The average Bonchev–Trinajstić information content (AvgIpc) is 3.00. The Labute approximate surface area is 167 Å². The molecule has 29 heavy (non-hydrogen) atoms. The van der Waals surface area contributed by atoms with E-state index >= 15 is 0 Å². The van der Waals surface area contributed by atoms with E-state index in [0.717, 1.165) is 16.5 Å². The van der Waals surface area contributed by atoms with E-state index in [2.05, 4.69) is 0 Å². The number of carboxylic acids is 2. The molecule has 7 N–H and O–H groups in total. The number of carboxylic acid groups (broad SMARTS) is 2. The molecule has 0 spiro atoms. The Morgan fingerprint density at radius 1 is 1.03 bits per heavy atom. The van der Waals surface area contributed by atoms with Crippen molar-refractivity contribution in [2.75, 3.05) is 0 Å². The van der Waals surface area contributed by atoms with Crippen molar-refractivity contribution >= 4 is 22.8 Å². The number of nitrogens with zero attached hydrogens (tertiary/aromatic N) is 1. The third-order valence-electron chi connectivity index (χ3n) is 4.85. The molecule has 8 heteroatoms. The van der Waals surface area contributed by atoms with Crippen LogP contribution in [-0.4, -0.2) is 43.9 Å². The van der Waals surface area contributed by atoms with E-state index < -0.39 is 18.0 Å². The molecule has 0 aliphatic rings. The first-order valence-corrected chi connectivity index (χ1v) is 9.12. The second-order valence-corrected chi connectivity index (χ2v) is 7.09. The molecule has 152 valence electrons. The second-order valence-electron chi connectivity index (χ2n) is 7.09. The number of fused-ring (bicyclic) bond motifs is 1. The quantitative estimate of drug-likeness (QED) is 0.387. The van der Waals surface area contributed by atoms with E-state index in [1.54, 1.807) is 6.07 Å². The molecule has 0 fully saturated rings. The van der Waals surface area contributed by atoms with Crippen LogP contribution >= 0.6 is 0 Å². The first-order valence-electron chi connectivity index (χ1n) is 9.12. The van der Waals surface area contributed by atoms with Crippen molar-refractivity contribution in [2.45, 2.75) is 31.5 Å². The highest BCUT2D eigenvalue weighted by molar-refractivity contribution is 5.91. The number of rotatable bonds is 8. The first-order chi connectivity index (χ1) is 13.8. The molecule has 0 aliphatic carbocycles. The number of hydrogen-bond acceptors (Lipinski definition) is 5. The van der Waals surface area contributed by atoms with Crippen LogP contribution in [0.5, 0.6) is 5.75 Å². The summed E-state index contributed by atoms with van der Waals surface area (Å²) in [5, 5.41) is 28.8. The van der Waals surface area contributed by atoms with Crippen LogP contribution in [0.15, 0.2) is 48.7 Å². The van der Waals surface area contributed by atoms with Crippen LogP contribution in [-0.2, 0) is 24.2 Å². The fourth-order valence-corrected chi connectivity index (χ4v) is 3.46. The van der Waals surface area contributed by atoms with Gasteiger partial charge in [-0.2, -0.15) is 0 Å². The van der Waals surface area contributed by atoms with Crippen molar-refractivity contribution in [2.24, 2.45) is 11.5 Å². The third kappa shape index (κ3) is 4.56. The number of phenols is 1. The highest BCUT2D eigenvalue weighted by atomic mass is 16.4. The molecule has 3 aromatic rings. The van der Waals surface area contributed by atoms with Gasteiger partial charge in [-0.3, -0.25) is 4.79 Å². The largest absolute Gasteiger partial charge is 0.507 e. The molecule has 1 aromatic heterocycles. The number of benzene rings is 2. The molecule has 0 unspecified atom stereocenters. The van der Waals surface area contributed by atoms with Crippen LogP contribution in [0.2, 0.25) is 0 Å². The summed E-state index contributed by atoms with van der Waals surface area (Å²) in [6.45, 7) is 0.451. The van der Waals surface area contributed by atoms with Gasteiger partial charge < -0.3 is 31.4 Å². The topological polar surface area (TPSA) is 152 Å². The van der Waals surface area contributed by atoms with Crippen LogP contribution in [0.1, 0.15) is 21.5 Å². The minimum atomic E-state index is -1.20. The van der Waals surface area contributed by atoms with Crippen molar-refractivity contribution in [3.8, 4) is 5.75 Å². The van der Waals surface area contributed by atoms with Crippen molar-refractivity contribution in [3.63, 3.8) is 0 Å². The van der Waals surface area contributed by atoms with Gasteiger partial charge in [0.15, 0.2) is 0 Å². The average molecular weight is 397 g/mol. The van der Waals surface area contributed by atoms with E-state index in [0.29, 0.717) is 18.5 Å². The maximum Gasteiger partial charge on any atom is 0.339 e. The summed E-state index contributed by atoms with van der Waals surface area (Å²) in [5.41, 5.74) is 14.3. The number of nitrogens with two attached hydrogens (primary N) is 2. The van der Waals surface area contributed by atoms with E-state index in [4.69, 9.17) is 21.7 Å². The lowest BCUT2D eigenvalue weighted by Gasteiger charge is -2.14. The molecule has 3 rings (SSSR count). The fourth-order valence-electron chi connectivity index (χ4n) is 3.46. The smallest absolute Gasteiger partial charge is 0.339 e. The Hall–Kier alpha value is -3.36. The van der Waals surface area contributed by atoms with Gasteiger partial charge in [0.05, 0.1) is 0 Å². The lowest BCUT2D eigenvalue weighted by molar-refractivity contribution is -0.138. The number of hydrogen-bond donors (Lipinski definition) is 5. The highest BCUT2D eigenvalue weighted by Gasteiger charge is 2.18. The van der Waals surface area contributed by atoms with Gasteiger partial charge in [-0.25, -0.2) is 4.79 Å². The maximum absolute atomic E-state index is 11.2. The predicted molar refractivity (Wildman–Crippen MR) is 108 cm³/mol. The van der Waals surface area contributed by atoms with Crippen LogP contribution in [0.25, 0.3) is 10.9 Å². The predicted octanol–water partition coefficient (Wildman–Crippen LogP) is 1.57. The van der Waals surface area contributed by atoms with Gasteiger partial charge in [0, 0.05) is 36.1 Å². The molecule has 0 saturated heterocycles. The summed E-state index contributed by atoms with van der Waals surface area (Å²) in [5.74, 6) is -2.54. The minimum Gasteiger partial charge on any atom is -0.507 e. The number of carbonyl (C=O) groups is 2. The number of aliphatic carboxylic acids is 1. The minimum absolute atomic E-state index is 0.161. The van der Waals surface area contributed by atoms with Crippen LogP contribution in [0.4, 0.5) is 0 Å². The molecule has 2 aromatic carbocycles. The Kier molecular flexibility index (Phi) is 5.86. The van der Waals surface area contributed by atoms with E-state index in [1.165, 1.54) is 12.1 Å². The molecule has 0 radical (unpaired) electrons. The van der Waals surface area contributed by atoms with Gasteiger partial charge >= 0.3 is 11.9 Å². The fraction of sp³-hybridized carbons (Fsp3) is 0.238. The van der Waals surface area contributed by atoms with Crippen molar-refractivity contribution in [3.05, 3.63) is 65.4 Å². The third-order valence-corrected chi connectivity index (χ3v) is 4.85. The van der Waals surface area contributed by atoms with Gasteiger partial charge in [-0.15, -0.1) is 0 Å². The molecule has 0 bridgehead atoms. The molecule has 0 saturated carbocycles. The molecule has 2 atom stereocenters. The summed E-state index contributed by atoms with van der Waals surface area (Å²) in [6.07, 6.45) is 2.49. The second kappa shape index (κ2) is 8.34. The number of aromatic carboxylic acids is 1. The Bertz CT molecular complexity index is 1060. The molecular weight excluding hydrogens is 374 g/mol. The standard InChI is InChI=1S/C21H23N3O5/c22-14(7-12-5-6-19(25)16(8-12)20(26)27)11-24-10-13(9-17(23)21(28)29)15-3-1-2-4-18(15)24/h1-6,8,10,14,17,25H,7,9,11,22-23H2,(H,26,27)(H,28,29)/t14-,17-/m0/s1. The summed E-state index contributed by atoms with van der Waals surface area (Å²) >= 11 is 0. The zero-order chi connectivity index (χ0) is 21.1. The maximum atomic E-state index is 11.2. The first kappa shape index (κ1) is 20.4. The summed E-state index contributed by atoms with van der Waals surface area (Å²) in [6, 6.07) is 10.7. The molecule has 0 amide bonds. The Balaban J connectivity index is 1.82. The van der Waals surface area contributed by atoms with Gasteiger partial charge in [-0.1, -0.05) is 24.3 Å². The zero-order valence-electron chi connectivity index (χ0n) is 15.7. The van der Waals surface area contributed by atoms with Gasteiger partial charge in [-0.05, 0) is 35.7 Å². The molecule has 8 nitrogen and oxygen atoms in total.